The highest BCUT2D eigenvalue weighted by atomic mass is 16.3. The molecule has 2 N–H and O–H groups in total. The molecule has 2 unspecified atom stereocenters. The third kappa shape index (κ3) is 5.50. The molecule has 0 aromatic heterocycles. The Labute approximate surface area is 94.9 Å². The van der Waals surface area contributed by atoms with Crippen LogP contribution in [0.1, 0.15) is 34.6 Å². The normalized spacial score (nSPS) is 17.2. The average molecular weight is 216 g/mol. The van der Waals surface area contributed by atoms with Crippen molar-refractivity contribution in [3.63, 3.8) is 0 Å². The molecule has 0 amide bonds. The number of hydrogen-bond acceptors (Lipinski definition) is 3. The maximum absolute atomic E-state index is 9.80. The van der Waals surface area contributed by atoms with Gasteiger partial charge in [0.2, 0.25) is 0 Å². The van der Waals surface area contributed by atoms with E-state index in [1.54, 1.807) is 0 Å². The second-order valence-corrected chi connectivity index (χ2v) is 5.56. The maximum atomic E-state index is 9.80. The van der Waals surface area contributed by atoms with Crippen molar-refractivity contribution in [1.29, 1.82) is 0 Å². The first kappa shape index (κ1) is 14.9. The summed E-state index contributed by atoms with van der Waals surface area (Å²) in [5.41, 5.74) is -0.659. The van der Waals surface area contributed by atoms with Gasteiger partial charge >= 0.3 is 0 Å². The van der Waals surface area contributed by atoms with Crippen LogP contribution in [0, 0.1) is 5.92 Å². The molecule has 92 valence electrons. The van der Waals surface area contributed by atoms with E-state index >= 15 is 0 Å². The molecule has 0 spiro atoms. The lowest BCUT2D eigenvalue weighted by Crippen LogP contribution is -2.50. The van der Waals surface area contributed by atoms with Gasteiger partial charge in [-0.15, -0.1) is 0 Å². The summed E-state index contributed by atoms with van der Waals surface area (Å²) in [6.07, 6.45) is 0. The lowest BCUT2D eigenvalue weighted by Gasteiger charge is -2.33. The van der Waals surface area contributed by atoms with Crippen LogP contribution >= 0.6 is 0 Å². The van der Waals surface area contributed by atoms with Gasteiger partial charge in [-0.2, -0.15) is 0 Å². The van der Waals surface area contributed by atoms with Crippen LogP contribution in [-0.2, 0) is 0 Å². The Morgan fingerprint density at radius 3 is 1.93 bits per heavy atom. The van der Waals surface area contributed by atoms with E-state index in [1.165, 1.54) is 0 Å². The van der Waals surface area contributed by atoms with E-state index in [0.717, 1.165) is 6.54 Å². The van der Waals surface area contributed by atoms with Crippen LogP contribution in [0.4, 0.5) is 0 Å². The summed E-state index contributed by atoms with van der Waals surface area (Å²) in [7, 11) is 4.20. The highest BCUT2D eigenvalue weighted by molar-refractivity contribution is 4.82. The first-order chi connectivity index (χ1) is 6.66. The minimum atomic E-state index is -0.659. The molecule has 0 rings (SSSR count). The van der Waals surface area contributed by atoms with E-state index in [4.69, 9.17) is 0 Å². The zero-order valence-electron chi connectivity index (χ0n) is 11.3. The molecule has 0 aliphatic carbocycles. The SMILES string of the molecule is CC(C)C(CNC(C)C(C)(C)O)N(C)C. The summed E-state index contributed by atoms with van der Waals surface area (Å²) in [4.78, 5) is 2.23. The van der Waals surface area contributed by atoms with Crippen molar-refractivity contribution in [2.24, 2.45) is 5.92 Å². The smallest absolute Gasteiger partial charge is 0.0741 e. The molecule has 3 nitrogen and oxygen atoms in total. The van der Waals surface area contributed by atoms with Crippen molar-refractivity contribution >= 4 is 0 Å². The van der Waals surface area contributed by atoms with E-state index in [1.807, 2.05) is 20.8 Å². The molecule has 15 heavy (non-hydrogen) atoms. The predicted octanol–water partition coefficient (Wildman–Crippen LogP) is 1.32. The molecule has 0 saturated carbocycles. The second kappa shape index (κ2) is 5.83. The lowest BCUT2D eigenvalue weighted by atomic mass is 9.98. The Kier molecular flexibility index (Phi) is 5.78. The van der Waals surface area contributed by atoms with Crippen LogP contribution < -0.4 is 5.32 Å². The van der Waals surface area contributed by atoms with Crippen molar-refractivity contribution in [2.75, 3.05) is 20.6 Å². The van der Waals surface area contributed by atoms with E-state index in [9.17, 15) is 5.11 Å². The molecular formula is C12H28N2O. The molecule has 0 aliphatic rings. The quantitative estimate of drug-likeness (QED) is 0.703. The van der Waals surface area contributed by atoms with Gasteiger partial charge in [-0.05, 0) is 40.8 Å². The van der Waals surface area contributed by atoms with Crippen LogP contribution in [0.25, 0.3) is 0 Å². The molecular weight excluding hydrogens is 188 g/mol. The summed E-state index contributed by atoms with van der Waals surface area (Å²) in [5, 5.41) is 13.2. The predicted molar refractivity (Wildman–Crippen MR) is 66.1 cm³/mol. The topological polar surface area (TPSA) is 35.5 Å². The molecule has 0 heterocycles. The number of aliphatic hydroxyl groups is 1. The Morgan fingerprint density at radius 2 is 1.67 bits per heavy atom. The van der Waals surface area contributed by atoms with Crippen LogP contribution in [0.3, 0.4) is 0 Å². The van der Waals surface area contributed by atoms with Gasteiger partial charge in [0.25, 0.3) is 0 Å². The lowest BCUT2D eigenvalue weighted by molar-refractivity contribution is 0.0407. The molecule has 0 aliphatic heterocycles. The van der Waals surface area contributed by atoms with Crippen molar-refractivity contribution in [2.45, 2.75) is 52.3 Å². The standard InChI is InChI=1S/C12H28N2O/c1-9(2)11(14(6)7)8-13-10(3)12(4,5)15/h9-11,13,15H,8H2,1-7H3. The van der Waals surface area contributed by atoms with Gasteiger partial charge in [0.1, 0.15) is 0 Å². The Morgan fingerprint density at radius 1 is 1.20 bits per heavy atom. The number of nitrogens with zero attached hydrogens (tertiary/aromatic N) is 1. The molecule has 0 aromatic rings. The van der Waals surface area contributed by atoms with Gasteiger partial charge < -0.3 is 15.3 Å². The highest BCUT2D eigenvalue weighted by Crippen LogP contribution is 2.10. The summed E-state index contributed by atoms with van der Waals surface area (Å²) < 4.78 is 0. The van der Waals surface area contributed by atoms with Crippen LogP contribution in [0.2, 0.25) is 0 Å². The number of hydrogen-bond donors (Lipinski definition) is 2. The molecule has 3 heteroatoms. The monoisotopic (exact) mass is 216 g/mol. The van der Waals surface area contributed by atoms with Crippen molar-refractivity contribution in [3.05, 3.63) is 0 Å². The van der Waals surface area contributed by atoms with Crippen LogP contribution in [-0.4, -0.2) is 48.3 Å². The van der Waals surface area contributed by atoms with E-state index in [0.29, 0.717) is 12.0 Å². The van der Waals surface area contributed by atoms with Crippen molar-refractivity contribution in [3.8, 4) is 0 Å². The zero-order chi connectivity index (χ0) is 12.2. The third-order valence-electron chi connectivity index (χ3n) is 3.13. The number of nitrogens with one attached hydrogen (secondary N) is 1. The third-order valence-corrected chi connectivity index (χ3v) is 3.13. The number of rotatable bonds is 6. The second-order valence-electron chi connectivity index (χ2n) is 5.56. The first-order valence-corrected chi connectivity index (χ1v) is 5.78. The maximum Gasteiger partial charge on any atom is 0.0741 e. The van der Waals surface area contributed by atoms with E-state index in [-0.39, 0.29) is 6.04 Å². The van der Waals surface area contributed by atoms with Gasteiger partial charge in [-0.3, -0.25) is 0 Å². The fraction of sp³-hybridized carbons (Fsp3) is 1.00. The fourth-order valence-corrected chi connectivity index (χ4v) is 1.56. The number of likely N-dealkylation sites (N-methyl/N-ethyl adjacent to an activating group) is 1. The van der Waals surface area contributed by atoms with E-state index < -0.39 is 5.60 Å². The molecule has 2 atom stereocenters. The molecule has 0 saturated heterocycles. The van der Waals surface area contributed by atoms with Crippen molar-refractivity contribution in [1.82, 2.24) is 10.2 Å². The minimum absolute atomic E-state index is 0.110. The van der Waals surface area contributed by atoms with Gasteiger partial charge in [-0.25, -0.2) is 0 Å². The summed E-state index contributed by atoms with van der Waals surface area (Å²) in [5.74, 6) is 0.613. The Hall–Kier alpha value is -0.120. The summed E-state index contributed by atoms with van der Waals surface area (Å²) in [6, 6.07) is 0.619. The minimum Gasteiger partial charge on any atom is -0.389 e. The zero-order valence-corrected chi connectivity index (χ0v) is 11.3. The highest BCUT2D eigenvalue weighted by Gasteiger charge is 2.24. The van der Waals surface area contributed by atoms with Gasteiger partial charge in [-0.1, -0.05) is 13.8 Å². The van der Waals surface area contributed by atoms with Crippen LogP contribution in [0.15, 0.2) is 0 Å². The van der Waals surface area contributed by atoms with Crippen LogP contribution in [0.5, 0.6) is 0 Å². The molecule has 0 radical (unpaired) electrons. The molecule has 0 fully saturated rings. The molecule has 0 aromatic carbocycles. The summed E-state index contributed by atoms with van der Waals surface area (Å²) >= 11 is 0. The van der Waals surface area contributed by atoms with Gasteiger partial charge in [0.05, 0.1) is 5.60 Å². The largest absolute Gasteiger partial charge is 0.389 e. The Bertz CT molecular complexity index is 165. The van der Waals surface area contributed by atoms with Crippen molar-refractivity contribution < 1.29 is 5.11 Å². The Balaban J connectivity index is 4.12. The first-order valence-electron chi connectivity index (χ1n) is 5.78. The van der Waals surface area contributed by atoms with Gasteiger partial charge in [0.15, 0.2) is 0 Å². The van der Waals surface area contributed by atoms with E-state index in [2.05, 4.69) is 38.2 Å². The molecule has 0 bridgehead atoms. The summed E-state index contributed by atoms with van der Waals surface area (Å²) in [6.45, 7) is 11.1. The van der Waals surface area contributed by atoms with Gasteiger partial charge in [0, 0.05) is 18.6 Å². The average Bonchev–Trinajstić information content (AvgIpc) is 2.00. The fourth-order valence-electron chi connectivity index (χ4n) is 1.56.